The minimum atomic E-state index is -1.62. The molecule has 2 nitrogen and oxygen atoms in total. The molecule has 0 aliphatic carbocycles. The lowest BCUT2D eigenvalue weighted by Gasteiger charge is -2.28. The van der Waals surface area contributed by atoms with Gasteiger partial charge < -0.3 is 0 Å². The van der Waals surface area contributed by atoms with Gasteiger partial charge >= 0.3 is 0 Å². The zero-order chi connectivity index (χ0) is 11.5. The van der Waals surface area contributed by atoms with Crippen molar-refractivity contribution in [3.05, 3.63) is 35.9 Å². The molecule has 0 radical (unpaired) electrons. The number of hydrogen-bond donors (Lipinski definition) is 0. The van der Waals surface area contributed by atoms with Gasteiger partial charge in [0, 0.05) is 0 Å². The summed E-state index contributed by atoms with van der Waals surface area (Å²) in [5.74, 6) is 0. The molecule has 0 saturated carbocycles. The van der Waals surface area contributed by atoms with E-state index < -0.39 is 8.32 Å². The molecule has 0 aliphatic rings. The van der Waals surface area contributed by atoms with Gasteiger partial charge in [0.25, 0.3) is 0 Å². The van der Waals surface area contributed by atoms with Crippen molar-refractivity contribution in [1.82, 2.24) is 0 Å². The topological polar surface area (TPSA) is 18.5 Å². The largest absolute Gasteiger partial charge is 0.286 e. The summed E-state index contributed by atoms with van der Waals surface area (Å²) in [6.07, 6.45) is 0. The SMILES string of the molecule is CC(C)(OO[Si](C)(C)C)c1ccccc1. The van der Waals surface area contributed by atoms with Crippen LogP contribution in [0.2, 0.25) is 19.6 Å². The standard InChI is InChI=1S/C12H20O2Si/c1-12(2,13-14-15(3,4)5)11-9-7-6-8-10-11/h6-10H,1-5H3. The normalized spacial score (nSPS) is 12.9. The molecule has 15 heavy (non-hydrogen) atoms. The Morgan fingerprint density at radius 3 is 2.00 bits per heavy atom. The van der Waals surface area contributed by atoms with Crippen LogP contribution in [-0.4, -0.2) is 8.32 Å². The fourth-order valence-electron chi connectivity index (χ4n) is 1.12. The zero-order valence-corrected chi connectivity index (χ0v) is 11.2. The Bertz CT molecular complexity index is 301. The van der Waals surface area contributed by atoms with E-state index in [-0.39, 0.29) is 5.60 Å². The first-order valence-corrected chi connectivity index (χ1v) is 8.64. The van der Waals surface area contributed by atoms with Crippen LogP contribution in [0, 0.1) is 0 Å². The van der Waals surface area contributed by atoms with Crippen LogP contribution in [0.15, 0.2) is 30.3 Å². The first kappa shape index (κ1) is 12.4. The van der Waals surface area contributed by atoms with Crippen molar-refractivity contribution in [1.29, 1.82) is 0 Å². The second kappa shape index (κ2) is 4.47. The van der Waals surface area contributed by atoms with Gasteiger partial charge in [0.15, 0.2) is 0 Å². The second-order valence-electron chi connectivity index (χ2n) is 5.16. The van der Waals surface area contributed by atoms with Crippen molar-refractivity contribution in [3.8, 4) is 0 Å². The molecule has 0 aliphatic heterocycles. The van der Waals surface area contributed by atoms with Crippen LogP contribution in [0.5, 0.6) is 0 Å². The van der Waals surface area contributed by atoms with Crippen molar-refractivity contribution in [2.45, 2.75) is 39.1 Å². The van der Waals surface area contributed by atoms with Crippen LogP contribution in [0.3, 0.4) is 0 Å². The van der Waals surface area contributed by atoms with Gasteiger partial charge in [0.1, 0.15) is 5.60 Å². The Hall–Kier alpha value is -0.643. The van der Waals surface area contributed by atoms with Crippen LogP contribution in [0.4, 0.5) is 0 Å². The Morgan fingerprint density at radius 2 is 1.53 bits per heavy atom. The molecule has 0 fully saturated rings. The van der Waals surface area contributed by atoms with Crippen LogP contribution >= 0.6 is 0 Å². The zero-order valence-electron chi connectivity index (χ0n) is 10.2. The van der Waals surface area contributed by atoms with Gasteiger partial charge in [-0.2, -0.15) is 0 Å². The lowest BCUT2D eigenvalue weighted by Crippen LogP contribution is -2.32. The minimum absolute atomic E-state index is 0.387. The molecule has 0 N–H and O–H groups in total. The monoisotopic (exact) mass is 224 g/mol. The quantitative estimate of drug-likeness (QED) is 0.441. The molecule has 1 rings (SSSR count). The smallest absolute Gasteiger partial charge is 0.230 e. The van der Waals surface area contributed by atoms with E-state index in [1.54, 1.807) is 0 Å². The molecular weight excluding hydrogens is 204 g/mol. The van der Waals surface area contributed by atoms with E-state index >= 15 is 0 Å². The summed E-state index contributed by atoms with van der Waals surface area (Å²) >= 11 is 0. The molecule has 0 spiro atoms. The summed E-state index contributed by atoms with van der Waals surface area (Å²) in [6, 6.07) is 10.1. The van der Waals surface area contributed by atoms with Gasteiger partial charge in [-0.3, -0.25) is 4.58 Å². The summed E-state index contributed by atoms with van der Waals surface area (Å²) in [5.41, 5.74) is 0.741. The molecule has 0 bridgehead atoms. The lowest BCUT2D eigenvalue weighted by molar-refractivity contribution is -0.296. The van der Waals surface area contributed by atoms with Crippen molar-refractivity contribution >= 4 is 8.32 Å². The molecule has 84 valence electrons. The predicted octanol–water partition coefficient (Wildman–Crippen LogP) is 3.70. The summed E-state index contributed by atoms with van der Waals surface area (Å²) in [7, 11) is -1.62. The van der Waals surface area contributed by atoms with Gasteiger partial charge in [0.05, 0.1) is 0 Å². The van der Waals surface area contributed by atoms with Crippen molar-refractivity contribution < 1.29 is 9.46 Å². The fourth-order valence-corrected chi connectivity index (χ4v) is 1.58. The van der Waals surface area contributed by atoms with Gasteiger partial charge in [-0.25, -0.2) is 4.89 Å². The Balaban J connectivity index is 2.68. The third kappa shape index (κ3) is 4.16. The highest BCUT2D eigenvalue weighted by Crippen LogP contribution is 2.25. The molecule has 1 aromatic rings. The van der Waals surface area contributed by atoms with E-state index in [9.17, 15) is 0 Å². The molecule has 0 saturated heterocycles. The van der Waals surface area contributed by atoms with Crippen LogP contribution < -0.4 is 0 Å². The number of rotatable bonds is 4. The van der Waals surface area contributed by atoms with E-state index in [1.165, 1.54) is 0 Å². The van der Waals surface area contributed by atoms with E-state index in [2.05, 4.69) is 19.6 Å². The molecule has 0 unspecified atom stereocenters. The van der Waals surface area contributed by atoms with Crippen LogP contribution in [0.25, 0.3) is 0 Å². The van der Waals surface area contributed by atoms with Gasteiger partial charge in [0.2, 0.25) is 8.32 Å². The third-order valence-electron chi connectivity index (χ3n) is 1.97. The first-order chi connectivity index (χ1) is 6.81. The maximum Gasteiger partial charge on any atom is 0.230 e. The lowest BCUT2D eigenvalue weighted by atomic mass is 9.99. The average molecular weight is 224 g/mol. The van der Waals surface area contributed by atoms with E-state index in [0.29, 0.717) is 0 Å². The van der Waals surface area contributed by atoms with E-state index in [0.717, 1.165) is 5.56 Å². The number of benzene rings is 1. The summed E-state index contributed by atoms with van der Waals surface area (Å²) in [5, 5.41) is 0. The number of hydrogen-bond acceptors (Lipinski definition) is 2. The fraction of sp³-hybridized carbons (Fsp3) is 0.500. The molecule has 1 aromatic carbocycles. The van der Waals surface area contributed by atoms with Crippen molar-refractivity contribution in [2.75, 3.05) is 0 Å². The molecule has 0 amide bonds. The van der Waals surface area contributed by atoms with E-state index in [4.69, 9.17) is 9.46 Å². The average Bonchev–Trinajstić information content (AvgIpc) is 2.16. The second-order valence-corrected chi connectivity index (χ2v) is 9.55. The molecule has 0 aromatic heterocycles. The highest BCUT2D eigenvalue weighted by atomic mass is 28.4. The Labute approximate surface area is 93.3 Å². The minimum Gasteiger partial charge on any atom is -0.286 e. The Kier molecular flexibility index (Phi) is 3.70. The van der Waals surface area contributed by atoms with Crippen molar-refractivity contribution in [3.63, 3.8) is 0 Å². The molecule has 0 heterocycles. The molecule has 3 heteroatoms. The maximum atomic E-state index is 5.54. The Morgan fingerprint density at radius 1 is 1.00 bits per heavy atom. The third-order valence-corrected chi connectivity index (χ3v) is 2.55. The van der Waals surface area contributed by atoms with E-state index in [1.807, 2.05) is 44.2 Å². The molecule has 0 atom stereocenters. The predicted molar refractivity (Wildman–Crippen MR) is 65.0 cm³/mol. The van der Waals surface area contributed by atoms with Crippen LogP contribution in [0.1, 0.15) is 19.4 Å². The first-order valence-electron chi connectivity index (χ1n) is 5.24. The van der Waals surface area contributed by atoms with Crippen molar-refractivity contribution in [2.24, 2.45) is 0 Å². The summed E-state index contributed by atoms with van der Waals surface area (Å²) in [4.78, 5) is 5.54. The van der Waals surface area contributed by atoms with Crippen LogP contribution in [-0.2, 0) is 15.1 Å². The highest BCUT2D eigenvalue weighted by Gasteiger charge is 2.26. The summed E-state index contributed by atoms with van der Waals surface area (Å²) < 4.78 is 5.49. The highest BCUT2D eigenvalue weighted by molar-refractivity contribution is 6.69. The summed E-state index contributed by atoms with van der Waals surface area (Å²) in [6.45, 7) is 10.3. The van der Waals surface area contributed by atoms with Gasteiger partial charge in [-0.15, -0.1) is 0 Å². The maximum absolute atomic E-state index is 5.54. The van der Waals surface area contributed by atoms with Gasteiger partial charge in [-0.05, 0) is 39.1 Å². The van der Waals surface area contributed by atoms with Gasteiger partial charge in [-0.1, -0.05) is 30.3 Å². The molecular formula is C12H20O2Si.